The third kappa shape index (κ3) is 4.57. The van der Waals surface area contributed by atoms with Crippen LogP contribution in [0.1, 0.15) is 25.0 Å². The highest BCUT2D eigenvalue weighted by Gasteiger charge is 2.34. The van der Waals surface area contributed by atoms with E-state index in [0.717, 1.165) is 44.0 Å². The van der Waals surface area contributed by atoms with Gasteiger partial charge in [0.15, 0.2) is 0 Å². The zero-order chi connectivity index (χ0) is 17.9. The second-order valence-corrected chi connectivity index (χ2v) is 7.30. The molecule has 1 aliphatic heterocycles. The molecule has 2 N–H and O–H groups in total. The lowest BCUT2D eigenvalue weighted by Crippen LogP contribution is -2.52. The molecule has 3 rings (SSSR count). The van der Waals surface area contributed by atoms with Gasteiger partial charge in [-0.25, -0.2) is 0 Å². The molecule has 26 heavy (non-hydrogen) atoms. The quantitative estimate of drug-likeness (QED) is 0.836. The Kier molecular flexibility index (Phi) is 6.68. The molecule has 0 aliphatic carbocycles. The molecular formula is C21H28ClN3O. The molecule has 0 atom stereocenters. The highest BCUT2D eigenvalue weighted by atomic mass is 35.5. The molecule has 4 nitrogen and oxygen atoms in total. The van der Waals surface area contributed by atoms with Crippen molar-refractivity contribution in [3.05, 3.63) is 65.7 Å². The van der Waals surface area contributed by atoms with Crippen molar-refractivity contribution in [1.29, 1.82) is 0 Å². The van der Waals surface area contributed by atoms with Gasteiger partial charge in [0.1, 0.15) is 0 Å². The molecule has 1 fully saturated rings. The molecule has 1 saturated heterocycles. The van der Waals surface area contributed by atoms with Gasteiger partial charge in [0.25, 0.3) is 0 Å². The van der Waals surface area contributed by atoms with Crippen molar-refractivity contribution in [2.45, 2.75) is 25.8 Å². The third-order valence-electron chi connectivity index (χ3n) is 5.05. The van der Waals surface area contributed by atoms with Crippen LogP contribution in [-0.4, -0.2) is 41.9 Å². The van der Waals surface area contributed by atoms with Gasteiger partial charge < -0.3 is 10.6 Å². The Morgan fingerprint density at radius 1 is 1.00 bits per heavy atom. The van der Waals surface area contributed by atoms with Gasteiger partial charge in [-0.15, -0.1) is 12.4 Å². The number of nitrogens with two attached hydrogens (primary N) is 1. The molecule has 0 radical (unpaired) electrons. The second kappa shape index (κ2) is 8.56. The monoisotopic (exact) mass is 373 g/mol. The number of rotatable bonds is 4. The number of hydrogen-bond donors (Lipinski definition) is 1. The summed E-state index contributed by atoms with van der Waals surface area (Å²) in [6.45, 7) is 8.26. The fourth-order valence-corrected chi connectivity index (χ4v) is 3.43. The van der Waals surface area contributed by atoms with E-state index in [0.29, 0.717) is 0 Å². The van der Waals surface area contributed by atoms with Crippen LogP contribution in [0.15, 0.2) is 54.6 Å². The van der Waals surface area contributed by atoms with Crippen LogP contribution in [0.4, 0.5) is 5.69 Å². The summed E-state index contributed by atoms with van der Waals surface area (Å²) < 4.78 is 0. The predicted octanol–water partition coefficient (Wildman–Crippen LogP) is 3.31. The Morgan fingerprint density at radius 3 is 2.27 bits per heavy atom. The van der Waals surface area contributed by atoms with Gasteiger partial charge >= 0.3 is 0 Å². The summed E-state index contributed by atoms with van der Waals surface area (Å²) in [6, 6.07) is 18.1. The number of carbonyl (C=O) groups is 1. The molecule has 5 heteroatoms. The van der Waals surface area contributed by atoms with E-state index in [-0.39, 0.29) is 18.3 Å². The lowest BCUT2D eigenvalue weighted by atomic mass is 9.83. The van der Waals surface area contributed by atoms with E-state index < -0.39 is 5.41 Å². The van der Waals surface area contributed by atoms with Gasteiger partial charge in [-0.1, -0.05) is 42.5 Å². The Morgan fingerprint density at radius 2 is 1.65 bits per heavy atom. The van der Waals surface area contributed by atoms with E-state index in [1.165, 1.54) is 5.56 Å². The van der Waals surface area contributed by atoms with E-state index in [4.69, 9.17) is 5.73 Å². The lowest BCUT2D eigenvalue weighted by molar-refractivity contribution is -0.138. The van der Waals surface area contributed by atoms with Crippen LogP contribution < -0.4 is 5.73 Å². The first-order chi connectivity index (χ1) is 12.0. The van der Waals surface area contributed by atoms with Crippen molar-refractivity contribution in [3.63, 3.8) is 0 Å². The van der Waals surface area contributed by atoms with E-state index in [1.807, 2.05) is 67.3 Å². The van der Waals surface area contributed by atoms with Crippen LogP contribution in [0.2, 0.25) is 0 Å². The van der Waals surface area contributed by atoms with Crippen molar-refractivity contribution in [3.8, 4) is 0 Å². The summed E-state index contributed by atoms with van der Waals surface area (Å²) in [5, 5.41) is 0. The van der Waals surface area contributed by atoms with Crippen LogP contribution in [0.5, 0.6) is 0 Å². The molecule has 1 aliphatic rings. The van der Waals surface area contributed by atoms with Crippen LogP contribution in [0.3, 0.4) is 0 Å². The standard InChI is InChI=1S/C21H27N3O.ClH/c1-21(2,18-8-4-3-5-9-18)20(25)24-13-11-23(12-14-24)16-17-7-6-10-19(22)15-17;/h3-10,15H,11-14,16,22H2,1-2H3;1H. The number of piperazine rings is 1. The molecule has 140 valence electrons. The third-order valence-corrected chi connectivity index (χ3v) is 5.05. The van der Waals surface area contributed by atoms with Crippen molar-refractivity contribution in [2.75, 3.05) is 31.9 Å². The molecule has 0 bridgehead atoms. The van der Waals surface area contributed by atoms with Gasteiger partial charge in [-0.3, -0.25) is 9.69 Å². The largest absolute Gasteiger partial charge is 0.399 e. The maximum absolute atomic E-state index is 13.0. The molecule has 1 amide bonds. The number of hydrogen-bond acceptors (Lipinski definition) is 3. The molecule has 0 unspecified atom stereocenters. The van der Waals surface area contributed by atoms with Crippen molar-refractivity contribution < 1.29 is 4.79 Å². The number of nitrogens with zero attached hydrogens (tertiary/aromatic N) is 2. The lowest BCUT2D eigenvalue weighted by Gasteiger charge is -2.38. The highest BCUT2D eigenvalue weighted by molar-refractivity contribution is 5.87. The molecule has 1 heterocycles. The number of carbonyl (C=O) groups excluding carboxylic acids is 1. The maximum atomic E-state index is 13.0. The van der Waals surface area contributed by atoms with Gasteiger partial charge in [-0.05, 0) is 37.1 Å². The van der Waals surface area contributed by atoms with Crippen LogP contribution in [-0.2, 0) is 16.8 Å². The first-order valence-corrected chi connectivity index (χ1v) is 8.88. The number of benzene rings is 2. The van der Waals surface area contributed by atoms with Gasteiger partial charge in [0.05, 0.1) is 5.41 Å². The summed E-state index contributed by atoms with van der Waals surface area (Å²) >= 11 is 0. The SMILES string of the molecule is CC(C)(C(=O)N1CCN(Cc2cccc(N)c2)CC1)c1ccccc1.Cl. The maximum Gasteiger partial charge on any atom is 0.232 e. The normalized spacial score (nSPS) is 15.4. The fourth-order valence-electron chi connectivity index (χ4n) is 3.43. The summed E-state index contributed by atoms with van der Waals surface area (Å²) in [6.07, 6.45) is 0. The predicted molar refractivity (Wildman–Crippen MR) is 109 cm³/mol. The zero-order valence-electron chi connectivity index (χ0n) is 15.5. The average molecular weight is 374 g/mol. The summed E-state index contributed by atoms with van der Waals surface area (Å²) in [5.74, 6) is 0.210. The first-order valence-electron chi connectivity index (χ1n) is 8.88. The van der Waals surface area contributed by atoms with Gasteiger partial charge in [0, 0.05) is 38.4 Å². The zero-order valence-corrected chi connectivity index (χ0v) is 16.3. The van der Waals surface area contributed by atoms with Crippen molar-refractivity contribution >= 4 is 24.0 Å². The highest BCUT2D eigenvalue weighted by Crippen LogP contribution is 2.26. The number of amides is 1. The molecular weight excluding hydrogens is 346 g/mol. The van der Waals surface area contributed by atoms with Crippen molar-refractivity contribution in [1.82, 2.24) is 9.80 Å². The number of nitrogen functional groups attached to an aromatic ring is 1. The Bertz CT molecular complexity index is 725. The first kappa shape index (κ1) is 20.3. The minimum Gasteiger partial charge on any atom is -0.399 e. The Balaban J connectivity index is 0.00000243. The minimum absolute atomic E-state index is 0. The van der Waals surface area contributed by atoms with Crippen LogP contribution in [0.25, 0.3) is 0 Å². The van der Waals surface area contributed by atoms with Gasteiger partial charge in [-0.2, -0.15) is 0 Å². The van der Waals surface area contributed by atoms with Crippen LogP contribution in [0, 0.1) is 0 Å². The Labute approximate surface area is 162 Å². The topological polar surface area (TPSA) is 49.6 Å². The second-order valence-electron chi connectivity index (χ2n) is 7.30. The number of anilines is 1. The number of halogens is 1. The van der Waals surface area contributed by atoms with Crippen molar-refractivity contribution in [2.24, 2.45) is 0 Å². The summed E-state index contributed by atoms with van der Waals surface area (Å²) in [4.78, 5) is 17.4. The molecule has 2 aromatic carbocycles. The molecule has 0 spiro atoms. The van der Waals surface area contributed by atoms with E-state index in [9.17, 15) is 4.79 Å². The van der Waals surface area contributed by atoms with E-state index >= 15 is 0 Å². The van der Waals surface area contributed by atoms with E-state index in [1.54, 1.807) is 0 Å². The average Bonchev–Trinajstić information content (AvgIpc) is 2.62. The Hall–Kier alpha value is -2.04. The van der Waals surface area contributed by atoms with E-state index in [2.05, 4.69) is 11.0 Å². The summed E-state index contributed by atoms with van der Waals surface area (Å²) in [7, 11) is 0. The smallest absolute Gasteiger partial charge is 0.232 e. The van der Waals surface area contributed by atoms with Gasteiger partial charge in [0.2, 0.25) is 5.91 Å². The summed E-state index contributed by atoms with van der Waals surface area (Å²) in [5.41, 5.74) is 8.47. The van der Waals surface area contributed by atoms with Crippen LogP contribution >= 0.6 is 12.4 Å². The minimum atomic E-state index is -0.489. The molecule has 0 saturated carbocycles. The molecule has 2 aromatic rings. The fraction of sp³-hybridized carbons (Fsp3) is 0.381. The molecule has 0 aromatic heterocycles.